The number of carbonyl (C=O) groups excluding carboxylic acids is 1. The second-order valence-corrected chi connectivity index (χ2v) is 8.33. The number of rotatable bonds is 7. The number of anilines is 1. The summed E-state index contributed by atoms with van der Waals surface area (Å²) in [5, 5.41) is 29.4. The van der Waals surface area contributed by atoms with Gasteiger partial charge < -0.3 is 31.5 Å². The SMILES string of the molecule is Nc1ncnc2c1ncn2[C@@H]1O[C@H](CCS(=O)(=O)NC(=O)[C@@H](N)CO)[C@@H](O)[C@H]1O. The molecule has 2 aromatic heterocycles. The Morgan fingerprint density at radius 3 is 2.72 bits per heavy atom. The van der Waals surface area contributed by atoms with Gasteiger partial charge in [-0.2, -0.15) is 0 Å². The Morgan fingerprint density at radius 1 is 1.31 bits per heavy atom. The minimum atomic E-state index is -4.10. The number of amides is 1. The van der Waals surface area contributed by atoms with Gasteiger partial charge in [0.2, 0.25) is 10.0 Å². The first kappa shape index (κ1) is 21.3. The van der Waals surface area contributed by atoms with Crippen molar-refractivity contribution in [2.75, 3.05) is 18.1 Å². The van der Waals surface area contributed by atoms with Crippen molar-refractivity contribution >= 4 is 32.9 Å². The van der Waals surface area contributed by atoms with Crippen LogP contribution in [0.3, 0.4) is 0 Å². The van der Waals surface area contributed by atoms with Crippen molar-refractivity contribution in [3.63, 3.8) is 0 Å². The number of aliphatic hydroxyl groups is 3. The Labute approximate surface area is 164 Å². The summed E-state index contributed by atoms with van der Waals surface area (Å²) in [4.78, 5) is 23.4. The summed E-state index contributed by atoms with van der Waals surface area (Å²) in [5.74, 6) is -1.51. The summed E-state index contributed by atoms with van der Waals surface area (Å²) < 4.78 is 32.7. The first-order chi connectivity index (χ1) is 13.6. The quantitative estimate of drug-likeness (QED) is 0.248. The van der Waals surface area contributed by atoms with Gasteiger partial charge in [-0.1, -0.05) is 0 Å². The van der Waals surface area contributed by atoms with Crippen LogP contribution in [-0.4, -0.2) is 85.9 Å². The lowest BCUT2D eigenvalue weighted by Crippen LogP contribution is -2.46. The highest BCUT2D eigenvalue weighted by molar-refractivity contribution is 7.90. The Kier molecular flexibility index (Phi) is 5.97. The number of hydrogen-bond donors (Lipinski definition) is 6. The van der Waals surface area contributed by atoms with E-state index in [2.05, 4.69) is 15.0 Å². The van der Waals surface area contributed by atoms with Crippen LogP contribution in [0.4, 0.5) is 5.82 Å². The van der Waals surface area contributed by atoms with Crippen LogP contribution in [0, 0.1) is 0 Å². The van der Waals surface area contributed by atoms with Crippen molar-refractivity contribution in [2.24, 2.45) is 5.73 Å². The molecule has 0 aromatic carbocycles. The molecule has 1 aliphatic rings. The Balaban J connectivity index is 1.70. The maximum absolute atomic E-state index is 12.0. The third-order valence-corrected chi connectivity index (χ3v) is 5.74. The van der Waals surface area contributed by atoms with Gasteiger partial charge >= 0.3 is 0 Å². The lowest BCUT2D eigenvalue weighted by molar-refractivity contribution is -0.121. The van der Waals surface area contributed by atoms with E-state index in [-0.39, 0.29) is 23.4 Å². The molecule has 1 aliphatic heterocycles. The van der Waals surface area contributed by atoms with Crippen molar-refractivity contribution in [3.8, 4) is 0 Å². The zero-order valence-electron chi connectivity index (χ0n) is 15.0. The fourth-order valence-corrected chi connectivity index (χ4v) is 3.99. The lowest BCUT2D eigenvalue weighted by Gasteiger charge is -2.16. The average molecular weight is 431 g/mol. The predicted octanol–water partition coefficient (Wildman–Crippen LogP) is -3.82. The molecule has 14 nitrogen and oxygen atoms in total. The van der Waals surface area contributed by atoms with Gasteiger partial charge in [-0.15, -0.1) is 0 Å². The molecule has 0 bridgehead atoms. The van der Waals surface area contributed by atoms with Crippen molar-refractivity contribution in [1.82, 2.24) is 24.2 Å². The van der Waals surface area contributed by atoms with Gasteiger partial charge in [-0.3, -0.25) is 14.1 Å². The topological polar surface area (TPSA) is 229 Å². The molecular formula is C14H21N7O7S. The number of imidazole rings is 1. The number of fused-ring (bicyclic) bond motifs is 1. The molecule has 0 aliphatic carbocycles. The van der Waals surface area contributed by atoms with E-state index in [1.165, 1.54) is 17.2 Å². The molecule has 5 atom stereocenters. The monoisotopic (exact) mass is 431 g/mol. The van der Waals surface area contributed by atoms with E-state index in [9.17, 15) is 23.4 Å². The first-order valence-corrected chi connectivity index (χ1v) is 10.1. The number of sulfonamides is 1. The predicted molar refractivity (Wildman–Crippen MR) is 97.3 cm³/mol. The Morgan fingerprint density at radius 2 is 2.03 bits per heavy atom. The van der Waals surface area contributed by atoms with Crippen molar-refractivity contribution in [3.05, 3.63) is 12.7 Å². The molecule has 29 heavy (non-hydrogen) atoms. The van der Waals surface area contributed by atoms with E-state index in [1.807, 2.05) is 0 Å². The number of carbonyl (C=O) groups is 1. The minimum Gasteiger partial charge on any atom is -0.394 e. The van der Waals surface area contributed by atoms with Crippen LogP contribution in [0.1, 0.15) is 12.6 Å². The lowest BCUT2D eigenvalue weighted by atomic mass is 10.1. The molecule has 15 heteroatoms. The molecule has 1 saturated heterocycles. The number of aliphatic hydroxyl groups excluding tert-OH is 3. The fraction of sp³-hybridized carbons (Fsp3) is 0.571. The molecule has 3 heterocycles. The van der Waals surface area contributed by atoms with Crippen LogP contribution in [0.25, 0.3) is 11.2 Å². The van der Waals surface area contributed by atoms with Crippen molar-refractivity contribution in [2.45, 2.75) is 37.0 Å². The maximum atomic E-state index is 12.0. The fourth-order valence-electron chi connectivity index (χ4n) is 2.89. The first-order valence-electron chi connectivity index (χ1n) is 8.50. The van der Waals surface area contributed by atoms with Crippen LogP contribution in [0.15, 0.2) is 12.7 Å². The standard InChI is InChI=1S/C14H21N7O7S/c15-6(3-22)13(25)20-29(26,27)2-1-7-9(23)10(24)14(28-7)21-5-19-8-11(16)17-4-18-12(8)21/h4-7,9-10,14,22-24H,1-3,15H2,(H,20,25)(H2,16,17,18)/t6-,7+,9+,10+,14+/m0/s1. The molecule has 1 fully saturated rings. The van der Waals surface area contributed by atoms with Gasteiger partial charge in [0.05, 0.1) is 24.8 Å². The molecule has 0 spiro atoms. The molecule has 1 amide bonds. The Bertz CT molecular complexity index is 997. The zero-order valence-corrected chi connectivity index (χ0v) is 15.8. The van der Waals surface area contributed by atoms with E-state index in [1.54, 1.807) is 4.72 Å². The van der Waals surface area contributed by atoms with Crippen LogP contribution >= 0.6 is 0 Å². The number of aromatic nitrogens is 4. The van der Waals surface area contributed by atoms with E-state index < -0.39 is 58.9 Å². The van der Waals surface area contributed by atoms with E-state index in [4.69, 9.17) is 21.3 Å². The number of nitrogens with zero attached hydrogens (tertiary/aromatic N) is 4. The highest BCUT2D eigenvalue weighted by Crippen LogP contribution is 2.33. The van der Waals surface area contributed by atoms with E-state index in [0.717, 1.165) is 0 Å². The normalized spacial score (nSPS) is 25.9. The van der Waals surface area contributed by atoms with Crippen LogP contribution in [-0.2, 0) is 19.6 Å². The highest BCUT2D eigenvalue weighted by atomic mass is 32.2. The van der Waals surface area contributed by atoms with Crippen molar-refractivity contribution < 1.29 is 33.3 Å². The van der Waals surface area contributed by atoms with Gasteiger partial charge in [0.15, 0.2) is 17.7 Å². The van der Waals surface area contributed by atoms with Crippen LogP contribution in [0.2, 0.25) is 0 Å². The molecule has 3 rings (SSSR count). The molecule has 8 N–H and O–H groups in total. The minimum absolute atomic E-state index is 0.126. The summed E-state index contributed by atoms with van der Waals surface area (Å²) in [5.41, 5.74) is 11.5. The number of nitrogens with one attached hydrogen (secondary N) is 1. The third-order valence-electron chi connectivity index (χ3n) is 4.46. The van der Waals surface area contributed by atoms with Crippen LogP contribution in [0.5, 0.6) is 0 Å². The second kappa shape index (κ2) is 8.13. The Hall–Kier alpha value is -2.43. The highest BCUT2D eigenvalue weighted by Gasteiger charge is 2.44. The van der Waals surface area contributed by atoms with Crippen molar-refractivity contribution in [1.29, 1.82) is 0 Å². The summed E-state index contributed by atoms with van der Waals surface area (Å²) in [6, 6.07) is -1.38. The van der Waals surface area contributed by atoms with E-state index in [0.29, 0.717) is 0 Å². The largest absolute Gasteiger partial charge is 0.394 e. The number of nitrogen functional groups attached to an aromatic ring is 1. The maximum Gasteiger partial charge on any atom is 0.252 e. The molecular weight excluding hydrogens is 410 g/mol. The molecule has 0 radical (unpaired) electrons. The molecule has 160 valence electrons. The summed E-state index contributed by atoms with van der Waals surface area (Å²) in [6.45, 7) is -0.716. The molecule has 2 aromatic rings. The van der Waals surface area contributed by atoms with Gasteiger partial charge in [0.25, 0.3) is 5.91 Å². The average Bonchev–Trinajstić information content (AvgIpc) is 3.22. The number of hydrogen-bond acceptors (Lipinski definition) is 12. The number of ether oxygens (including phenoxy) is 1. The third kappa shape index (κ3) is 4.29. The van der Waals surface area contributed by atoms with Gasteiger partial charge in [-0.05, 0) is 6.42 Å². The summed E-state index contributed by atoms with van der Waals surface area (Å²) in [6.07, 6.45) is -2.64. The summed E-state index contributed by atoms with van der Waals surface area (Å²) in [7, 11) is -4.10. The van der Waals surface area contributed by atoms with Crippen LogP contribution < -0.4 is 16.2 Å². The second-order valence-electron chi connectivity index (χ2n) is 6.49. The van der Waals surface area contributed by atoms with Gasteiger partial charge in [0.1, 0.15) is 30.1 Å². The molecule has 0 saturated carbocycles. The van der Waals surface area contributed by atoms with Gasteiger partial charge in [-0.25, -0.2) is 23.4 Å². The zero-order chi connectivity index (χ0) is 21.3. The van der Waals surface area contributed by atoms with E-state index >= 15 is 0 Å². The van der Waals surface area contributed by atoms with Gasteiger partial charge in [0, 0.05) is 0 Å². The molecule has 0 unspecified atom stereocenters. The number of nitrogens with two attached hydrogens (primary N) is 2. The smallest absolute Gasteiger partial charge is 0.252 e. The summed E-state index contributed by atoms with van der Waals surface area (Å²) >= 11 is 0.